The van der Waals surface area contributed by atoms with Crippen molar-refractivity contribution in [2.75, 3.05) is 18.4 Å². The van der Waals surface area contributed by atoms with Crippen LogP contribution in [0.3, 0.4) is 0 Å². The Bertz CT molecular complexity index is 458. The number of fused-ring (bicyclic) bond motifs is 1. The van der Waals surface area contributed by atoms with Crippen LogP contribution >= 0.6 is 0 Å². The first-order valence-corrected chi connectivity index (χ1v) is 7.06. The van der Waals surface area contributed by atoms with E-state index in [4.69, 9.17) is 5.11 Å². The third kappa shape index (κ3) is 2.73. The van der Waals surface area contributed by atoms with Crippen LogP contribution in [0.25, 0.3) is 0 Å². The zero-order valence-corrected chi connectivity index (χ0v) is 11.0. The number of carbonyl (C=O) groups is 1. The van der Waals surface area contributed by atoms with E-state index in [1.165, 1.54) is 38.8 Å². The van der Waals surface area contributed by atoms with E-state index >= 15 is 0 Å². The van der Waals surface area contributed by atoms with Crippen LogP contribution in [0.15, 0.2) is 24.3 Å². The first kappa shape index (κ1) is 12.5. The Kier molecular flexibility index (Phi) is 3.42. The van der Waals surface area contributed by atoms with Crippen molar-refractivity contribution in [3.05, 3.63) is 29.8 Å². The molecule has 2 N–H and O–H groups in total. The van der Waals surface area contributed by atoms with E-state index in [0.29, 0.717) is 11.6 Å². The number of hydrogen-bond donors (Lipinski definition) is 2. The van der Waals surface area contributed by atoms with Gasteiger partial charge >= 0.3 is 5.97 Å². The molecule has 102 valence electrons. The number of carboxylic acids is 1. The summed E-state index contributed by atoms with van der Waals surface area (Å²) in [6.45, 7) is 2.46. The van der Waals surface area contributed by atoms with Crippen LogP contribution in [0.5, 0.6) is 0 Å². The minimum atomic E-state index is -0.870. The smallest absolute Gasteiger partial charge is 0.335 e. The van der Waals surface area contributed by atoms with E-state index in [9.17, 15) is 4.79 Å². The lowest BCUT2D eigenvalue weighted by Gasteiger charge is -2.35. The van der Waals surface area contributed by atoms with Crippen molar-refractivity contribution in [2.45, 2.75) is 37.8 Å². The maximum atomic E-state index is 10.8. The third-order valence-electron chi connectivity index (χ3n) is 4.32. The van der Waals surface area contributed by atoms with Crippen LogP contribution in [0.4, 0.5) is 5.69 Å². The lowest BCUT2D eigenvalue weighted by Crippen LogP contribution is -2.42. The summed E-state index contributed by atoms with van der Waals surface area (Å²) >= 11 is 0. The molecule has 4 nitrogen and oxygen atoms in total. The second-order valence-corrected chi connectivity index (χ2v) is 5.58. The molecule has 2 fully saturated rings. The van der Waals surface area contributed by atoms with E-state index in [1.54, 1.807) is 12.1 Å². The molecule has 0 spiro atoms. The highest BCUT2D eigenvalue weighted by molar-refractivity contribution is 5.87. The summed E-state index contributed by atoms with van der Waals surface area (Å²) < 4.78 is 0. The van der Waals surface area contributed by atoms with Crippen LogP contribution in [-0.4, -0.2) is 41.1 Å². The van der Waals surface area contributed by atoms with Gasteiger partial charge < -0.3 is 15.3 Å². The fourth-order valence-electron chi connectivity index (χ4n) is 3.30. The third-order valence-corrected chi connectivity index (χ3v) is 4.32. The molecule has 4 heteroatoms. The number of benzene rings is 1. The van der Waals surface area contributed by atoms with Gasteiger partial charge in [0.1, 0.15) is 0 Å². The second kappa shape index (κ2) is 5.21. The minimum Gasteiger partial charge on any atom is -0.478 e. The van der Waals surface area contributed by atoms with Gasteiger partial charge in [-0.2, -0.15) is 0 Å². The topological polar surface area (TPSA) is 52.6 Å². The number of aromatic carboxylic acids is 1. The Balaban J connectivity index is 1.60. The highest BCUT2D eigenvalue weighted by Crippen LogP contribution is 2.28. The quantitative estimate of drug-likeness (QED) is 0.876. The molecule has 2 unspecified atom stereocenters. The van der Waals surface area contributed by atoms with Gasteiger partial charge in [0.2, 0.25) is 0 Å². The van der Waals surface area contributed by atoms with E-state index in [2.05, 4.69) is 10.2 Å². The van der Waals surface area contributed by atoms with Crippen molar-refractivity contribution >= 4 is 11.7 Å². The summed E-state index contributed by atoms with van der Waals surface area (Å²) in [5.41, 5.74) is 1.37. The molecule has 0 amide bonds. The first-order valence-electron chi connectivity index (χ1n) is 7.06. The molecule has 1 aromatic rings. The molecule has 0 saturated carbocycles. The van der Waals surface area contributed by atoms with Crippen molar-refractivity contribution < 1.29 is 9.90 Å². The zero-order valence-electron chi connectivity index (χ0n) is 11.0. The van der Waals surface area contributed by atoms with Gasteiger partial charge in [0.15, 0.2) is 0 Å². The predicted octanol–water partition coefficient (Wildman–Crippen LogP) is 2.42. The van der Waals surface area contributed by atoms with E-state index in [1.807, 2.05) is 12.1 Å². The fraction of sp³-hybridized carbons (Fsp3) is 0.533. The molecule has 2 aliphatic rings. The number of nitrogens with zero attached hydrogens (tertiary/aromatic N) is 1. The summed E-state index contributed by atoms with van der Waals surface area (Å²) in [5.74, 6) is -0.870. The Hall–Kier alpha value is -1.55. The van der Waals surface area contributed by atoms with E-state index in [0.717, 1.165) is 11.7 Å². The van der Waals surface area contributed by atoms with Crippen molar-refractivity contribution in [1.29, 1.82) is 0 Å². The van der Waals surface area contributed by atoms with Gasteiger partial charge in [0.25, 0.3) is 0 Å². The highest BCUT2D eigenvalue weighted by atomic mass is 16.4. The van der Waals surface area contributed by atoms with Gasteiger partial charge in [-0.25, -0.2) is 4.79 Å². The molecular weight excluding hydrogens is 240 g/mol. The number of piperidine rings is 1. The maximum absolute atomic E-state index is 10.8. The molecule has 0 aromatic heterocycles. The summed E-state index contributed by atoms with van der Waals surface area (Å²) in [4.78, 5) is 13.4. The van der Waals surface area contributed by atoms with Crippen LogP contribution in [-0.2, 0) is 0 Å². The number of rotatable bonds is 3. The fourth-order valence-corrected chi connectivity index (χ4v) is 3.30. The average molecular weight is 260 g/mol. The van der Waals surface area contributed by atoms with Crippen LogP contribution in [0.1, 0.15) is 36.0 Å². The predicted molar refractivity (Wildman–Crippen MR) is 74.6 cm³/mol. The highest BCUT2D eigenvalue weighted by Gasteiger charge is 2.31. The van der Waals surface area contributed by atoms with Gasteiger partial charge in [0.05, 0.1) is 5.56 Å². The maximum Gasteiger partial charge on any atom is 0.335 e. The zero-order chi connectivity index (χ0) is 13.2. The number of anilines is 1. The van der Waals surface area contributed by atoms with Crippen molar-refractivity contribution in [2.24, 2.45) is 0 Å². The molecule has 0 bridgehead atoms. The molecule has 0 radical (unpaired) electrons. The number of hydrogen-bond acceptors (Lipinski definition) is 3. The largest absolute Gasteiger partial charge is 0.478 e. The number of carboxylic acid groups (broad SMARTS) is 1. The van der Waals surface area contributed by atoms with Crippen molar-refractivity contribution in [1.82, 2.24) is 4.90 Å². The number of nitrogens with one attached hydrogen (secondary N) is 1. The SMILES string of the molecule is O=C(O)c1ccc(NC2CCN3CCCC3C2)cc1. The average Bonchev–Trinajstić information content (AvgIpc) is 2.87. The summed E-state index contributed by atoms with van der Waals surface area (Å²) in [6.07, 6.45) is 5.05. The Morgan fingerprint density at radius 2 is 2.00 bits per heavy atom. The molecule has 0 aliphatic carbocycles. The van der Waals surface area contributed by atoms with Gasteiger partial charge in [-0.05, 0) is 56.5 Å². The first-order chi connectivity index (χ1) is 9.22. The molecular formula is C15H20N2O2. The van der Waals surface area contributed by atoms with Crippen LogP contribution in [0, 0.1) is 0 Å². The second-order valence-electron chi connectivity index (χ2n) is 5.58. The molecule has 19 heavy (non-hydrogen) atoms. The lowest BCUT2D eigenvalue weighted by molar-refractivity contribution is 0.0697. The van der Waals surface area contributed by atoms with Crippen LogP contribution in [0.2, 0.25) is 0 Å². The summed E-state index contributed by atoms with van der Waals surface area (Å²) in [7, 11) is 0. The van der Waals surface area contributed by atoms with Gasteiger partial charge in [-0.3, -0.25) is 0 Å². The minimum absolute atomic E-state index is 0.344. The molecule has 2 saturated heterocycles. The van der Waals surface area contributed by atoms with Crippen molar-refractivity contribution in [3.63, 3.8) is 0 Å². The lowest BCUT2D eigenvalue weighted by atomic mass is 9.97. The van der Waals surface area contributed by atoms with Crippen molar-refractivity contribution in [3.8, 4) is 0 Å². The van der Waals surface area contributed by atoms with Gasteiger partial charge in [-0.1, -0.05) is 0 Å². The Labute approximate surface area is 113 Å². The molecule has 3 rings (SSSR count). The Morgan fingerprint density at radius 3 is 2.74 bits per heavy atom. The molecule has 2 atom stereocenters. The van der Waals surface area contributed by atoms with E-state index in [-0.39, 0.29) is 0 Å². The standard InChI is InChI=1S/C15H20N2O2/c18-15(19)11-3-5-12(6-4-11)16-13-7-9-17-8-1-2-14(17)10-13/h3-6,13-14,16H,1-2,7-10H2,(H,18,19). The molecule has 2 heterocycles. The summed E-state index contributed by atoms with van der Waals surface area (Å²) in [5, 5.41) is 12.4. The monoisotopic (exact) mass is 260 g/mol. The van der Waals surface area contributed by atoms with Gasteiger partial charge in [0, 0.05) is 24.3 Å². The summed E-state index contributed by atoms with van der Waals surface area (Å²) in [6, 6.07) is 8.33. The normalized spacial score (nSPS) is 26.9. The Morgan fingerprint density at radius 1 is 1.21 bits per heavy atom. The van der Waals surface area contributed by atoms with Gasteiger partial charge in [-0.15, -0.1) is 0 Å². The van der Waals surface area contributed by atoms with E-state index < -0.39 is 5.97 Å². The van der Waals surface area contributed by atoms with Crippen LogP contribution < -0.4 is 5.32 Å². The molecule has 1 aromatic carbocycles. The molecule has 2 aliphatic heterocycles.